The predicted molar refractivity (Wildman–Crippen MR) is 82.4 cm³/mol. The second-order valence-electron chi connectivity index (χ2n) is 4.97. The lowest BCUT2D eigenvalue weighted by molar-refractivity contribution is -0.123. The summed E-state index contributed by atoms with van der Waals surface area (Å²) >= 11 is 6.11. The molecule has 2 aromatic rings. The van der Waals surface area contributed by atoms with E-state index in [0.29, 0.717) is 16.0 Å². The molecular formula is C15H16ClNO5. The molecule has 0 aliphatic carbocycles. The second kappa shape index (κ2) is 6.81. The molecule has 0 fully saturated rings. The number of rotatable bonds is 5. The largest absolute Gasteiger partial charge is 0.482 e. The fourth-order valence-electron chi connectivity index (χ4n) is 1.94. The van der Waals surface area contributed by atoms with Crippen LogP contribution in [-0.2, 0) is 4.79 Å². The number of benzene rings is 1. The quantitative estimate of drug-likeness (QED) is 0.816. The number of carbonyl (C=O) groups is 1. The monoisotopic (exact) mass is 325 g/mol. The molecule has 2 N–H and O–H groups in total. The third-order valence-corrected chi connectivity index (χ3v) is 3.34. The molecule has 0 radical (unpaired) electrons. The van der Waals surface area contributed by atoms with Gasteiger partial charge in [-0.3, -0.25) is 4.79 Å². The number of hydrogen-bond donors (Lipinski definition) is 2. The average molecular weight is 326 g/mol. The van der Waals surface area contributed by atoms with Crippen molar-refractivity contribution in [1.82, 2.24) is 5.32 Å². The third kappa shape index (κ3) is 3.78. The lowest BCUT2D eigenvalue weighted by atomic mass is 10.1. The van der Waals surface area contributed by atoms with Gasteiger partial charge < -0.3 is 19.6 Å². The summed E-state index contributed by atoms with van der Waals surface area (Å²) in [5, 5.41) is 12.4. The van der Waals surface area contributed by atoms with Crippen LogP contribution in [0.1, 0.15) is 12.5 Å². The minimum Gasteiger partial charge on any atom is -0.482 e. The van der Waals surface area contributed by atoms with Crippen LogP contribution in [0.2, 0.25) is 5.02 Å². The first-order valence-electron chi connectivity index (χ1n) is 6.67. The number of halogens is 1. The van der Waals surface area contributed by atoms with Crippen molar-refractivity contribution in [3.63, 3.8) is 0 Å². The zero-order chi connectivity index (χ0) is 16.3. The van der Waals surface area contributed by atoms with E-state index in [0.717, 1.165) is 5.56 Å². The summed E-state index contributed by atoms with van der Waals surface area (Å²) in [5.41, 5.74) is 0.621. The van der Waals surface area contributed by atoms with Crippen LogP contribution in [0.5, 0.6) is 5.75 Å². The molecule has 0 saturated heterocycles. The summed E-state index contributed by atoms with van der Waals surface area (Å²) in [5.74, 6) is -0.141. The SMILES string of the molecule is Cc1cc(=O)oc2cc(OCC(=O)N[C@H](C)CO)c(Cl)cc12. The summed E-state index contributed by atoms with van der Waals surface area (Å²) in [7, 11) is 0. The fraction of sp³-hybridized carbons (Fsp3) is 0.333. The molecule has 118 valence electrons. The Morgan fingerprint density at radius 3 is 2.86 bits per heavy atom. The molecule has 6 nitrogen and oxygen atoms in total. The number of hydrogen-bond acceptors (Lipinski definition) is 5. The summed E-state index contributed by atoms with van der Waals surface area (Å²) in [6.07, 6.45) is 0. The minimum absolute atomic E-state index is 0.160. The van der Waals surface area contributed by atoms with Crippen LogP contribution in [0.25, 0.3) is 11.0 Å². The number of aliphatic hydroxyl groups is 1. The van der Waals surface area contributed by atoms with E-state index in [1.165, 1.54) is 12.1 Å². The topological polar surface area (TPSA) is 88.8 Å². The van der Waals surface area contributed by atoms with Gasteiger partial charge in [0.15, 0.2) is 6.61 Å². The van der Waals surface area contributed by atoms with Gasteiger partial charge in [0.2, 0.25) is 0 Å². The summed E-state index contributed by atoms with van der Waals surface area (Å²) in [6.45, 7) is 3.02. The van der Waals surface area contributed by atoms with E-state index in [9.17, 15) is 9.59 Å². The van der Waals surface area contributed by atoms with Crippen molar-refractivity contribution in [3.05, 3.63) is 39.2 Å². The predicted octanol–water partition coefficient (Wildman–Crippen LogP) is 1.63. The molecule has 22 heavy (non-hydrogen) atoms. The van der Waals surface area contributed by atoms with Crippen molar-refractivity contribution in [3.8, 4) is 5.75 Å². The maximum Gasteiger partial charge on any atom is 0.336 e. The third-order valence-electron chi connectivity index (χ3n) is 3.04. The Kier molecular flexibility index (Phi) is 5.05. The van der Waals surface area contributed by atoms with E-state index < -0.39 is 5.63 Å². The number of carbonyl (C=O) groups excluding carboxylic acids is 1. The van der Waals surface area contributed by atoms with Gasteiger partial charge >= 0.3 is 5.63 Å². The van der Waals surface area contributed by atoms with Gasteiger partial charge in [0.25, 0.3) is 5.91 Å². The first-order valence-corrected chi connectivity index (χ1v) is 7.05. The molecule has 0 aliphatic rings. The van der Waals surface area contributed by atoms with Crippen LogP contribution >= 0.6 is 11.6 Å². The molecule has 0 spiro atoms. The van der Waals surface area contributed by atoms with Gasteiger partial charge in [0.05, 0.1) is 11.6 Å². The summed E-state index contributed by atoms with van der Waals surface area (Å²) in [4.78, 5) is 23.0. The van der Waals surface area contributed by atoms with Gasteiger partial charge in [0.1, 0.15) is 11.3 Å². The van der Waals surface area contributed by atoms with Crippen molar-refractivity contribution in [2.24, 2.45) is 0 Å². The van der Waals surface area contributed by atoms with E-state index in [4.69, 9.17) is 25.9 Å². The van der Waals surface area contributed by atoms with Crippen LogP contribution in [0.3, 0.4) is 0 Å². The van der Waals surface area contributed by atoms with Crippen molar-refractivity contribution in [2.45, 2.75) is 19.9 Å². The van der Waals surface area contributed by atoms with E-state index >= 15 is 0 Å². The van der Waals surface area contributed by atoms with Crippen LogP contribution in [0, 0.1) is 6.92 Å². The maximum atomic E-state index is 11.6. The molecule has 1 atom stereocenters. The van der Waals surface area contributed by atoms with Crippen LogP contribution in [0.4, 0.5) is 0 Å². The number of aryl methyl sites for hydroxylation is 1. The van der Waals surface area contributed by atoms with Gasteiger partial charge in [-0.05, 0) is 25.5 Å². The highest BCUT2D eigenvalue weighted by Gasteiger charge is 2.12. The first-order chi connectivity index (χ1) is 10.4. The maximum absolute atomic E-state index is 11.6. The number of aliphatic hydroxyl groups excluding tert-OH is 1. The molecule has 1 heterocycles. The Morgan fingerprint density at radius 2 is 2.18 bits per heavy atom. The summed E-state index contributed by atoms with van der Waals surface area (Å²) in [6, 6.07) is 4.13. The zero-order valence-corrected chi connectivity index (χ0v) is 12.9. The van der Waals surface area contributed by atoms with Gasteiger partial charge in [-0.15, -0.1) is 0 Å². The highest BCUT2D eigenvalue weighted by Crippen LogP contribution is 2.30. The Bertz CT molecular complexity index is 755. The Morgan fingerprint density at radius 1 is 1.45 bits per heavy atom. The molecule has 7 heteroatoms. The summed E-state index contributed by atoms with van der Waals surface area (Å²) < 4.78 is 10.4. The van der Waals surface area contributed by atoms with Gasteiger partial charge in [-0.1, -0.05) is 11.6 Å². The first kappa shape index (κ1) is 16.3. The second-order valence-corrected chi connectivity index (χ2v) is 5.37. The Balaban J connectivity index is 2.20. The molecule has 1 amide bonds. The Hall–Kier alpha value is -2.05. The molecule has 2 rings (SSSR count). The Labute approximate surface area is 131 Å². The number of ether oxygens (including phenoxy) is 1. The van der Waals surface area contributed by atoms with E-state index in [1.807, 2.05) is 0 Å². The minimum atomic E-state index is -0.465. The molecule has 1 aromatic carbocycles. The van der Waals surface area contributed by atoms with Crippen molar-refractivity contribution < 1.29 is 19.1 Å². The van der Waals surface area contributed by atoms with E-state index in [1.54, 1.807) is 19.9 Å². The average Bonchev–Trinajstić information content (AvgIpc) is 2.45. The lowest BCUT2D eigenvalue weighted by Gasteiger charge is -2.12. The molecule has 0 unspecified atom stereocenters. The number of amides is 1. The highest BCUT2D eigenvalue weighted by atomic mass is 35.5. The highest BCUT2D eigenvalue weighted by molar-refractivity contribution is 6.32. The molecule has 0 bridgehead atoms. The zero-order valence-electron chi connectivity index (χ0n) is 12.2. The van der Waals surface area contributed by atoms with Crippen LogP contribution < -0.4 is 15.7 Å². The molecular weight excluding hydrogens is 310 g/mol. The molecule has 1 aromatic heterocycles. The lowest BCUT2D eigenvalue weighted by Crippen LogP contribution is -2.38. The molecule has 0 saturated carbocycles. The van der Waals surface area contributed by atoms with Crippen molar-refractivity contribution >= 4 is 28.5 Å². The van der Waals surface area contributed by atoms with Gasteiger partial charge in [-0.25, -0.2) is 4.79 Å². The van der Waals surface area contributed by atoms with Crippen LogP contribution in [0.15, 0.2) is 27.4 Å². The van der Waals surface area contributed by atoms with Gasteiger partial charge in [-0.2, -0.15) is 0 Å². The standard InChI is InChI=1S/C15H16ClNO5/c1-8-3-15(20)22-12-5-13(11(16)4-10(8)12)21-7-14(19)17-9(2)6-18/h3-5,9,18H,6-7H2,1-2H3,(H,17,19)/t9-/m1/s1. The number of nitrogens with one attached hydrogen (secondary N) is 1. The fourth-order valence-corrected chi connectivity index (χ4v) is 2.15. The molecule has 0 aliphatic heterocycles. The smallest absolute Gasteiger partial charge is 0.336 e. The number of fused-ring (bicyclic) bond motifs is 1. The van der Waals surface area contributed by atoms with Crippen molar-refractivity contribution in [2.75, 3.05) is 13.2 Å². The van der Waals surface area contributed by atoms with Crippen LogP contribution in [-0.4, -0.2) is 30.3 Å². The van der Waals surface area contributed by atoms with Gasteiger partial charge in [0, 0.05) is 23.6 Å². The van der Waals surface area contributed by atoms with E-state index in [2.05, 4.69) is 5.32 Å². The van der Waals surface area contributed by atoms with Crippen molar-refractivity contribution in [1.29, 1.82) is 0 Å². The normalized spacial score (nSPS) is 12.2. The van der Waals surface area contributed by atoms with E-state index in [-0.39, 0.29) is 30.9 Å².